The number of rotatable bonds is 6. The monoisotopic (exact) mass is 262 g/mol. The van der Waals surface area contributed by atoms with E-state index in [1.807, 2.05) is 0 Å². The van der Waals surface area contributed by atoms with Crippen LogP contribution in [-0.4, -0.2) is 24.5 Å². The highest BCUT2D eigenvalue weighted by molar-refractivity contribution is 5.32. The number of hydrogen-bond donors (Lipinski definition) is 1. The van der Waals surface area contributed by atoms with Crippen LogP contribution in [0.3, 0.4) is 0 Å². The topological polar surface area (TPSA) is 29.3 Å². The first-order valence-electron chi connectivity index (χ1n) is 7.36. The lowest BCUT2D eigenvalue weighted by atomic mass is 9.98. The summed E-state index contributed by atoms with van der Waals surface area (Å²) in [6.45, 7) is 12.1. The van der Waals surface area contributed by atoms with Crippen LogP contribution in [-0.2, 0) is 0 Å². The van der Waals surface area contributed by atoms with E-state index in [1.165, 1.54) is 16.7 Å². The molecule has 0 aliphatic heterocycles. The van der Waals surface area contributed by atoms with E-state index in [0.29, 0.717) is 18.0 Å². The molecule has 0 aliphatic carbocycles. The molecule has 2 atom stereocenters. The van der Waals surface area contributed by atoms with Crippen LogP contribution in [0.2, 0.25) is 0 Å². The van der Waals surface area contributed by atoms with Crippen molar-refractivity contribution >= 4 is 0 Å². The normalized spacial score (nSPS) is 15.0. The molecule has 2 N–H and O–H groups in total. The van der Waals surface area contributed by atoms with Crippen molar-refractivity contribution in [3.8, 4) is 0 Å². The summed E-state index contributed by atoms with van der Waals surface area (Å²) in [5.74, 6) is 0.560. The summed E-state index contributed by atoms with van der Waals surface area (Å²) in [6.07, 6.45) is 1.06. The van der Waals surface area contributed by atoms with Gasteiger partial charge < -0.3 is 5.73 Å². The molecule has 1 aromatic carbocycles. The van der Waals surface area contributed by atoms with Crippen molar-refractivity contribution in [2.24, 2.45) is 11.7 Å². The van der Waals surface area contributed by atoms with E-state index in [2.05, 4.69) is 64.8 Å². The maximum atomic E-state index is 6.13. The third-order valence-electron chi connectivity index (χ3n) is 4.22. The molecule has 0 aromatic heterocycles. The number of nitrogens with two attached hydrogens (primary N) is 1. The molecule has 2 unspecified atom stereocenters. The van der Waals surface area contributed by atoms with Gasteiger partial charge in [-0.3, -0.25) is 4.90 Å². The molecule has 0 amide bonds. The Kier molecular flexibility index (Phi) is 6.02. The predicted molar refractivity (Wildman–Crippen MR) is 84.4 cm³/mol. The van der Waals surface area contributed by atoms with Gasteiger partial charge in [-0.15, -0.1) is 0 Å². The third kappa shape index (κ3) is 4.63. The second-order valence-electron chi connectivity index (χ2n) is 6.21. The number of hydrogen-bond acceptors (Lipinski definition) is 2. The SMILES string of the molecule is Cc1ccc(C)c(C(C)N(C)CCC(N)C(C)C)c1. The van der Waals surface area contributed by atoms with E-state index >= 15 is 0 Å². The van der Waals surface area contributed by atoms with Crippen molar-refractivity contribution in [3.05, 3.63) is 34.9 Å². The molecular formula is C17H30N2. The minimum atomic E-state index is 0.299. The van der Waals surface area contributed by atoms with Crippen molar-refractivity contribution in [1.82, 2.24) is 4.90 Å². The molecule has 0 spiro atoms. The first-order chi connectivity index (χ1) is 8.82. The Morgan fingerprint density at radius 1 is 1.16 bits per heavy atom. The average Bonchev–Trinajstić information content (AvgIpc) is 2.37. The van der Waals surface area contributed by atoms with Gasteiger partial charge in [0, 0.05) is 12.1 Å². The van der Waals surface area contributed by atoms with E-state index in [-0.39, 0.29) is 0 Å². The summed E-state index contributed by atoms with van der Waals surface area (Å²) in [5.41, 5.74) is 10.3. The lowest BCUT2D eigenvalue weighted by Gasteiger charge is -2.28. The molecule has 0 saturated heterocycles. The maximum Gasteiger partial charge on any atom is 0.0319 e. The van der Waals surface area contributed by atoms with E-state index in [4.69, 9.17) is 5.73 Å². The maximum absolute atomic E-state index is 6.13. The Balaban J connectivity index is 2.66. The van der Waals surface area contributed by atoms with Gasteiger partial charge in [0.1, 0.15) is 0 Å². The Morgan fingerprint density at radius 3 is 2.37 bits per heavy atom. The largest absolute Gasteiger partial charge is 0.327 e. The van der Waals surface area contributed by atoms with Crippen molar-refractivity contribution in [3.63, 3.8) is 0 Å². The molecule has 0 heterocycles. The quantitative estimate of drug-likeness (QED) is 0.847. The van der Waals surface area contributed by atoms with Crippen LogP contribution in [0, 0.1) is 19.8 Å². The fraction of sp³-hybridized carbons (Fsp3) is 0.647. The van der Waals surface area contributed by atoms with Gasteiger partial charge >= 0.3 is 0 Å². The van der Waals surface area contributed by atoms with E-state index in [9.17, 15) is 0 Å². The van der Waals surface area contributed by atoms with Gasteiger partial charge in [0.05, 0.1) is 0 Å². The molecule has 2 nitrogen and oxygen atoms in total. The van der Waals surface area contributed by atoms with Gasteiger partial charge in [0.2, 0.25) is 0 Å². The van der Waals surface area contributed by atoms with Crippen LogP contribution < -0.4 is 5.73 Å². The smallest absolute Gasteiger partial charge is 0.0319 e. The standard InChI is InChI=1S/C17H30N2/c1-12(2)17(18)9-10-19(6)15(5)16-11-13(3)7-8-14(16)4/h7-8,11-12,15,17H,9-10,18H2,1-6H3. The van der Waals surface area contributed by atoms with Crippen LogP contribution in [0.15, 0.2) is 18.2 Å². The van der Waals surface area contributed by atoms with Crippen molar-refractivity contribution < 1.29 is 0 Å². The molecule has 0 bridgehead atoms. The summed E-state index contributed by atoms with van der Waals surface area (Å²) in [5, 5.41) is 0. The lowest BCUT2D eigenvalue weighted by Crippen LogP contribution is -2.33. The highest BCUT2D eigenvalue weighted by Gasteiger charge is 2.15. The van der Waals surface area contributed by atoms with E-state index < -0.39 is 0 Å². The van der Waals surface area contributed by atoms with Gasteiger partial charge in [0.25, 0.3) is 0 Å². The lowest BCUT2D eigenvalue weighted by molar-refractivity contribution is 0.243. The summed E-state index contributed by atoms with van der Waals surface area (Å²) in [6, 6.07) is 7.45. The number of nitrogens with zero attached hydrogens (tertiary/aromatic N) is 1. The average molecular weight is 262 g/mol. The molecule has 0 radical (unpaired) electrons. The minimum absolute atomic E-state index is 0.299. The Morgan fingerprint density at radius 2 is 1.79 bits per heavy atom. The summed E-state index contributed by atoms with van der Waals surface area (Å²) < 4.78 is 0. The Bertz CT molecular complexity index is 398. The van der Waals surface area contributed by atoms with Crippen molar-refractivity contribution in [2.45, 2.75) is 53.1 Å². The molecular weight excluding hydrogens is 232 g/mol. The van der Waals surface area contributed by atoms with Crippen LogP contribution in [0.1, 0.15) is 49.9 Å². The Labute approximate surface area is 119 Å². The first kappa shape index (κ1) is 16.2. The zero-order chi connectivity index (χ0) is 14.6. The number of aryl methyl sites for hydroxylation is 2. The molecule has 1 aromatic rings. The summed E-state index contributed by atoms with van der Waals surface area (Å²) in [7, 11) is 2.19. The zero-order valence-corrected chi connectivity index (χ0v) is 13.4. The fourth-order valence-corrected chi connectivity index (χ4v) is 2.33. The van der Waals surface area contributed by atoms with Gasteiger partial charge in [0.15, 0.2) is 0 Å². The summed E-state index contributed by atoms with van der Waals surface area (Å²) in [4.78, 5) is 2.41. The second-order valence-corrected chi connectivity index (χ2v) is 6.21. The molecule has 0 saturated carbocycles. The van der Waals surface area contributed by atoms with Gasteiger partial charge in [-0.2, -0.15) is 0 Å². The molecule has 1 rings (SSSR count). The van der Waals surface area contributed by atoms with Crippen LogP contribution in [0.4, 0.5) is 0 Å². The van der Waals surface area contributed by atoms with Gasteiger partial charge in [-0.1, -0.05) is 37.6 Å². The third-order valence-corrected chi connectivity index (χ3v) is 4.22. The molecule has 108 valence electrons. The predicted octanol–water partition coefficient (Wildman–Crippen LogP) is 3.67. The Hall–Kier alpha value is -0.860. The molecule has 0 fully saturated rings. The van der Waals surface area contributed by atoms with Crippen LogP contribution in [0.25, 0.3) is 0 Å². The van der Waals surface area contributed by atoms with Gasteiger partial charge in [-0.05, 0) is 57.8 Å². The van der Waals surface area contributed by atoms with Crippen LogP contribution >= 0.6 is 0 Å². The first-order valence-corrected chi connectivity index (χ1v) is 7.36. The molecule has 2 heteroatoms. The highest BCUT2D eigenvalue weighted by Crippen LogP contribution is 2.23. The minimum Gasteiger partial charge on any atom is -0.327 e. The number of benzene rings is 1. The molecule has 0 aliphatic rings. The highest BCUT2D eigenvalue weighted by atomic mass is 15.1. The summed E-state index contributed by atoms with van der Waals surface area (Å²) >= 11 is 0. The zero-order valence-electron chi connectivity index (χ0n) is 13.4. The van der Waals surface area contributed by atoms with E-state index in [0.717, 1.165) is 13.0 Å². The second kappa shape index (κ2) is 7.06. The van der Waals surface area contributed by atoms with E-state index in [1.54, 1.807) is 0 Å². The fourth-order valence-electron chi connectivity index (χ4n) is 2.33. The van der Waals surface area contributed by atoms with Crippen LogP contribution in [0.5, 0.6) is 0 Å². The van der Waals surface area contributed by atoms with Crippen molar-refractivity contribution in [2.75, 3.05) is 13.6 Å². The molecule has 19 heavy (non-hydrogen) atoms. The van der Waals surface area contributed by atoms with Crippen molar-refractivity contribution in [1.29, 1.82) is 0 Å². The van der Waals surface area contributed by atoms with Gasteiger partial charge in [-0.25, -0.2) is 0 Å².